The van der Waals surface area contributed by atoms with Crippen molar-refractivity contribution < 1.29 is 23.7 Å². The summed E-state index contributed by atoms with van der Waals surface area (Å²) in [6.45, 7) is 6.54. The Morgan fingerprint density at radius 2 is 1.17 bits per heavy atom. The van der Waals surface area contributed by atoms with E-state index in [1.807, 2.05) is 24.3 Å². The van der Waals surface area contributed by atoms with Crippen LogP contribution < -0.4 is 9.47 Å². The Balaban J connectivity index is 2.15. The molecule has 23 heavy (non-hydrogen) atoms. The number of hydrogen-bond donors (Lipinski definition) is 0. The summed E-state index contributed by atoms with van der Waals surface area (Å²) in [7, 11) is 0. The molecule has 0 unspecified atom stereocenters. The van der Waals surface area contributed by atoms with Crippen LogP contribution in [0.4, 0.5) is 0 Å². The lowest BCUT2D eigenvalue weighted by atomic mass is 10.3. The van der Waals surface area contributed by atoms with Gasteiger partial charge in [0.2, 0.25) is 0 Å². The highest BCUT2D eigenvalue weighted by Gasteiger charge is 2.04. The zero-order valence-corrected chi connectivity index (χ0v) is 14.6. The van der Waals surface area contributed by atoms with Crippen LogP contribution in [0.2, 0.25) is 0 Å². The van der Waals surface area contributed by atoms with Crippen molar-refractivity contribution in [2.75, 3.05) is 58.7 Å². The molecule has 0 aliphatic heterocycles. The first-order valence-electron chi connectivity index (χ1n) is 8.02. The molecular weight excluding hydrogens is 320 g/mol. The van der Waals surface area contributed by atoms with E-state index >= 15 is 0 Å². The van der Waals surface area contributed by atoms with Gasteiger partial charge >= 0.3 is 0 Å². The van der Waals surface area contributed by atoms with Gasteiger partial charge in [0.05, 0.1) is 33.0 Å². The van der Waals surface area contributed by atoms with E-state index in [-0.39, 0.29) is 0 Å². The zero-order chi connectivity index (χ0) is 16.6. The molecule has 0 heterocycles. The van der Waals surface area contributed by atoms with E-state index in [1.54, 1.807) is 0 Å². The summed E-state index contributed by atoms with van der Waals surface area (Å²) in [4.78, 5) is 0. The summed E-state index contributed by atoms with van der Waals surface area (Å²) in [5, 5.41) is 0. The van der Waals surface area contributed by atoms with Gasteiger partial charge in [-0.3, -0.25) is 0 Å². The number of rotatable bonds is 15. The molecule has 0 amide bonds. The molecule has 0 atom stereocenters. The number of hydrogen-bond acceptors (Lipinski definition) is 5. The van der Waals surface area contributed by atoms with Crippen molar-refractivity contribution in [3.05, 3.63) is 24.3 Å². The quantitative estimate of drug-likeness (QED) is 0.360. The Morgan fingerprint density at radius 3 is 1.70 bits per heavy atom. The van der Waals surface area contributed by atoms with E-state index in [9.17, 15) is 0 Å². The van der Waals surface area contributed by atoms with Gasteiger partial charge in [0.15, 0.2) is 11.5 Å². The third-order valence-electron chi connectivity index (χ3n) is 2.76. The fraction of sp³-hybridized carbons (Fsp3) is 0.647. The molecule has 0 aliphatic carbocycles. The Hall–Kier alpha value is -1.01. The van der Waals surface area contributed by atoms with Crippen molar-refractivity contribution in [1.29, 1.82) is 0 Å². The van der Waals surface area contributed by atoms with Gasteiger partial charge in [-0.25, -0.2) is 0 Å². The molecule has 1 aromatic rings. The summed E-state index contributed by atoms with van der Waals surface area (Å²) < 4.78 is 27.4. The minimum atomic E-state index is 0.461. The molecule has 6 heteroatoms. The summed E-state index contributed by atoms with van der Waals surface area (Å²) in [6.07, 6.45) is 1.02. The van der Waals surface area contributed by atoms with E-state index in [2.05, 4.69) is 6.92 Å². The van der Waals surface area contributed by atoms with Gasteiger partial charge in [0, 0.05) is 12.5 Å². The summed E-state index contributed by atoms with van der Waals surface area (Å²) in [6, 6.07) is 7.56. The predicted octanol–water partition coefficient (Wildman–Crippen LogP) is 3.14. The van der Waals surface area contributed by atoms with Crippen molar-refractivity contribution in [2.45, 2.75) is 13.3 Å². The van der Waals surface area contributed by atoms with Crippen LogP contribution >= 0.6 is 11.6 Å². The third-order valence-corrected chi connectivity index (χ3v) is 2.92. The van der Waals surface area contributed by atoms with Gasteiger partial charge in [-0.2, -0.15) is 0 Å². The number of para-hydroxylation sites is 2. The minimum Gasteiger partial charge on any atom is -0.487 e. The summed E-state index contributed by atoms with van der Waals surface area (Å²) in [5.41, 5.74) is 0. The molecule has 0 N–H and O–H groups in total. The van der Waals surface area contributed by atoms with Crippen LogP contribution in [0.5, 0.6) is 11.5 Å². The Kier molecular flexibility index (Phi) is 12.7. The maximum absolute atomic E-state index is 5.69. The second-order valence-electron chi connectivity index (χ2n) is 4.67. The number of ether oxygens (including phenoxy) is 5. The van der Waals surface area contributed by atoms with Gasteiger partial charge in [-0.05, 0) is 18.6 Å². The van der Waals surface area contributed by atoms with Crippen LogP contribution in [0.1, 0.15) is 13.3 Å². The molecule has 1 rings (SSSR count). The smallest absolute Gasteiger partial charge is 0.161 e. The van der Waals surface area contributed by atoms with Crippen molar-refractivity contribution in [1.82, 2.24) is 0 Å². The highest BCUT2D eigenvalue weighted by Crippen LogP contribution is 2.26. The molecule has 0 aliphatic rings. The standard InChI is InChI=1S/C17H27ClO5/c1-2-8-19-10-11-21-13-15-23-17-6-4-3-5-16(17)22-14-12-20-9-7-18/h3-6H,2,7-15H2,1H3. The fourth-order valence-corrected chi connectivity index (χ4v) is 1.84. The van der Waals surface area contributed by atoms with Crippen molar-refractivity contribution in [3.63, 3.8) is 0 Å². The molecule has 132 valence electrons. The molecule has 5 nitrogen and oxygen atoms in total. The molecule has 0 spiro atoms. The van der Waals surface area contributed by atoms with Crippen LogP contribution in [0.15, 0.2) is 24.3 Å². The average molecular weight is 347 g/mol. The lowest BCUT2D eigenvalue weighted by Gasteiger charge is -2.13. The van der Waals surface area contributed by atoms with Gasteiger partial charge in [0.25, 0.3) is 0 Å². The maximum Gasteiger partial charge on any atom is 0.161 e. The topological polar surface area (TPSA) is 46.2 Å². The van der Waals surface area contributed by atoms with Crippen molar-refractivity contribution in [3.8, 4) is 11.5 Å². The predicted molar refractivity (Wildman–Crippen MR) is 90.9 cm³/mol. The van der Waals surface area contributed by atoms with E-state index in [0.29, 0.717) is 63.6 Å². The Bertz CT molecular complexity index is 389. The Labute approximate surface area is 143 Å². The SMILES string of the molecule is CCCOCCOCCOc1ccccc1OCCOCCCl. The number of alkyl halides is 1. The molecule has 0 aromatic heterocycles. The van der Waals surface area contributed by atoms with E-state index in [0.717, 1.165) is 13.0 Å². The summed E-state index contributed by atoms with van der Waals surface area (Å²) >= 11 is 5.54. The molecule has 0 bridgehead atoms. The average Bonchev–Trinajstić information content (AvgIpc) is 2.58. The third kappa shape index (κ3) is 10.4. The van der Waals surface area contributed by atoms with Crippen LogP contribution in [-0.2, 0) is 14.2 Å². The van der Waals surface area contributed by atoms with Crippen LogP contribution in [0.3, 0.4) is 0 Å². The minimum absolute atomic E-state index is 0.461. The lowest BCUT2D eigenvalue weighted by Crippen LogP contribution is -2.12. The van der Waals surface area contributed by atoms with Crippen LogP contribution in [0, 0.1) is 0 Å². The first-order valence-corrected chi connectivity index (χ1v) is 8.55. The van der Waals surface area contributed by atoms with Gasteiger partial charge < -0.3 is 23.7 Å². The van der Waals surface area contributed by atoms with E-state index < -0.39 is 0 Å². The molecule has 0 saturated heterocycles. The number of halogens is 1. The second kappa shape index (κ2) is 14.6. The van der Waals surface area contributed by atoms with Gasteiger partial charge in [-0.1, -0.05) is 19.1 Å². The molecular formula is C17H27ClO5. The highest BCUT2D eigenvalue weighted by atomic mass is 35.5. The normalized spacial score (nSPS) is 10.7. The maximum atomic E-state index is 5.69. The van der Waals surface area contributed by atoms with E-state index in [1.165, 1.54) is 0 Å². The molecule has 0 fully saturated rings. The largest absolute Gasteiger partial charge is 0.487 e. The van der Waals surface area contributed by atoms with Gasteiger partial charge in [0.1, 0.15) is 13.2 Å². The lowest BCUT2D eigenvalue weighted by molar-refractivity contribution is 0.0360. The highest BCUT2D eigenvalue weighted by molar-refractivity contribution is 6.17. The zero-order valence-electron chi connectivity index (χ0n) is 13.8. The number of benzene rings is 1. The van der Waals surface area contributed by atoms with Crippen LogP contribution in [-0.4, -0.2) is 58.7 Å². The summed E-state index contributed by atoms with van der Waals surface area (Å²) in [5.74, 6) is 1.90. The van der Waals surface area contributed by atoms with Crippen molar-refractivity contribution in [2.24, 2.45) is 0 Å². The molecule has 0 saturated carbocycles. The first kappa shape index (κ1) is 20.0. The van der Waals surface area contributed by atoms with E-state index in [4.69, 9.17) is 35.3 Å². The van der Waals surface area contributed by atoms with Crippen LogP contribution in [0.25, 0.3) is 0 Å². The van der Waals surface area contributed by atoms with Gasteiger partial charge in [-0.15, -0.1) is 11.6 Å². The second-order valence-corrected chi connectivity index (χ2v) is 5.05. The monoisotopic (exact) mass is 346 g/mol. The Morgan fingerprint density at radius 1 is 0.696 bits per heavy atom. The molecule has 1 aromatic carbocycles. The van der Waals surface area contributed by atoms with Crippen molar-refractivity contribution >= 4 is 11.6 Å². The fourth-order valence-electron chi connectivity index (χ4n) is 1.73. The first-order chi connectivity index (χ1) is 11.4. The molecule has 0 radical (unpaired) electrons.